The Morgan fingerprint density at radius 1 is 1.03 bits per heavy atom. The van der Waals surface area contributed by atoms with Gasteiger partial charge in [-0.3, -0.25) is 9.69 Å². The lowest BCUT2D eigenvalue weighted by Crippen LogP contribution is -2.50. The fourth-order valence-electron chi connectivity index (χ4n) is 3.66. The molecule has 0 unspecified atom stereocenters. The lowest BCUT2D eigenvalue weighted by molar-refractivity contribution is -0.122. The second-order valence-corrected chi connectivity index (χ2v) is 10.5. The minimum absolute atomic E-state index is 0.171. The normalized spacial score (nSPS) is 15.6. The topological polar surface area (TPSA) is 85.3 Å². The van der Waals surface area contributed by atoms with Gasteiger partial charge in [-0.05, 0) is 55.8 Å². The van der Waals surface area contributed by atoms with Gasteiger partial charge in [0, 0.05) is 49.4 Å². The van der Waals surface area contributed by atoms with E-state index in [1.165, 1.54) is 4.31 Å². The molecule has 0 aromatic heterocycles. The molecule has 1 aliphatic heterocycles. The summed E-state index contributed by atoms with van der Waals surface area (Å²) in [4.78, 5) is 16.7. The first-order valence-electron chi connectivity index (χ1n) is 11.0. The highest BCUT2D eigenvalue weighted by Crippen LogP contribution is 2.20. The predicted molar refractivity (Wildman–Crippen MR) is 135 cm³/mol. The van der Waals surface area contributed by atoms with E-state index >= 15 is 0 Å². The predicted octanol–water partition coefficient (Wildman–Crippen LogP) is 2.75. The Morgan fingerprint density at radius 2 is 1.64 bits per heavy atom. The number of carbonyl (C=O) groups is 1. The summed E-state index contributed by atoms with van der Waals surface area (Å²) in [6, 6.07) is 14.6. The molecule has 0 atom stereocenters. The lowest BCUT2D eigenvalue weighted by Gasteiger charge is -2.33. The quantitative estimate of drug-likeness (QED) is 0.394. The highest BCUT2D eigenvalue weighted by molar-refractivity contribution is 9.10. The zero-order valence-electron chi connectivity index (χ0n) is 18.9. The Labute approximate surface area is 204 Å². The number of hydrazone groups is 1. The molecule has 10 heteroatoms. The Hall–Kier alpha value is -2.27. The number of nitrogens with one attached hydrogen (secondary N) is 1. The van der Waals surface area contributed by atoms with Crippen molar-refractivity contribution in [2.75, 3.05) is 50.7 Å². The fourth-order valence-corrected chi connectivity index (χ4v) is 5.35. The van der Waals surface area contributed by atoms with E-state index in [1.54, 1.807) is 30.5 Å². The van der Waals surface area contributed by atoms with Gasteiger partial charge in [-0.25, -0.2) is 13.8 Å². The molecule has 178 valence electrons. The minimum Gasteiger partial charge on any atom is -0.372 e. The number of carbonyl (C=O) groups excluding carboxylic acids is 1. The third kappa shape index (κ3) is 6.86. The molecule has 0 aliphatic carbocycles. The average Bonchev–Trinajstić information content (AvgIpc) is 2.81. The van der Waals surface area contributed by atoms with Crippen LogP contribution in [0.2, 0.25) is 0 Å². The summed E-state index contributed by atoms with van der Waals surface area (Å²) in [7, 11) is -3.53. The summed E-state index contributed by atoms with van der Waals surface area (Å²) >= 11 is 3.32. The van der Waals surface area contributed by atoms with E-state index in [2.05, 4.69) is 45.2 Å². The van der Waals surface area contributed by atoms with Crippen LogP contribution in [-0.4, -0.2) is 75.6 Å². The number of piperazine rings is 1. The lowest BCUT2D eigenvalue weighted by atomic mass is 10.2. The first-order valence-corrected chi connectivity index (χ1v) is 13.2. The van der Waals surface area contributed by atoms with Crippen molar-refractivity contribution in [1.29, 1.82) is 0 Å². The zero-order valence-corrected chi connectivity index (χ0v) is 21.3. The third-order valence-corrected chi connectivity index (χ3v) is 8.02. The number of amides is 1. The number of halogens is 1. The Balaban J connectivity index is 1.45. The number of rotatable bonds is 9. The van der Waals surface area contributed by atoms with E-state index in [0.717, 1.165) is 28.8 Å². The van der Waals surface area contributed by atoms with Gasteiger partial charge in [-0.15, -0.1) is 0 Å². The van der Waals surface area contributed by atoms with Crippen LogP contribution in [0.1, 0.15) is 19.4 Å². The highest BCUT2D eigenvalue weighted by Gasteiger charge is 2.28. The summed E-state index contributed by atoms with van der Waals surface area (Å²) in [5.74, 6) is -0.227. The Bertz CT molecular complexity index is 1050. The van der Waals surface area contributed by atoms with Gasteiger partial charge in [0.25, 0.3) is 5.91 Å². The molecule has 8 nitrogen and oxygen atoms in total. The molecule has 2 aromatic carbocycles. The molecule has 1 N–H and O–H groups in total. The average molecular weight is 536 g/mol. The van der Waals surface area contributed by atoms with E-state index in [9.17, 15) is 13.2 Å². The molecule has 1 aliphatic rings. The van der Waals surface area contributed by atoms with E-state index < -0.39 is 10.0 Å². The summed E-state index contributed by atoms with van der Waals surface area (Å²) in [5, 5.41) is 4.05. The number of anilines is 1. The van der Waals surface area contributed by atoms with Crippen molar-refractivity contribution < 1.29 is 13.2 Å². The van der Waals surface area contributed by atoms with Crippen LogP contribution in [-0.2, 0) is 14.8 Å². The maximum atomic E-state index is 12.8. The number of sulfonamides is 1. The molecular formula is C23H30BrN5O3S. The molecule has 0 radical (unpaired) electrons. The Kier molecular flexibility index (Phi) is 9.02. The van der Waals surface area contributed by atoms with E-state index in [0.29, 0.717) is 26.2 Å². The number of hydrogen-bond acceptors (Lipinski definition) is 6. The largest absolute Gasteiger partial charge is 0.372 e. The van der Waals surface area contributed by atoms with Crippen LogP contribution in [0.4, 0.5) is 5.69 Å². The van der Waals surface area contributed by atoms with Crippen molar-refractivity contribution >= 4 is 43.8 Å². The van der Waals surface area contributed by atoms with Gasteiger partial charge in [0.1, 0.15) is 0 Å². The van der Waals surface area contributed by atoms with Crippen LogP contribution in [0.5, 0.6) is 0 Å². The molecule has 3 rings (SSSR count). The molecule has 0 bridgehead atoms. The first-order chi connectivity index (χ1) is 15.8. The second-order valence-electron chi connectivity index (χ2n) is 7.69. The second kappa shape index (κ2) is 11.7. The van der Waals surface area contributed by atoms with Gasteiger partial charge < -0.3 is 4.90 Å². The minimum atomic E-state index is -3.53. The van der Waals surface area contributed by atoms with Crippen molar-refractivity contribution in [1.82, 2.24) is 14.6 Å². The van der Waals surface area contributed by atoms with Crippen molar-refractivity contribution in [3.05, 3.63) is 58.6 Å². The third-order valence-electron chi connectivity index (χ3n) is 5.57. The maximum Gasteiger partial charge on any atom is 0.254 e. The molecule has 1 fully saturated rings. The van der Waals surface area contributed by atoms with Crippen molar-refractivity contribution in [3.8, 4) is 0 Å². The molecule has 0 spiro atoms. The van der Waals surface area contributed by atoms with Crippen molar-refractivity contribution in [2.24, 2.45) is 5.10 Å². The van der Waals surface area contributed by atoms with Gasteiger partial charge in [0.05, 0.1) is 17.7 Å². The van der Waals surface area contributed by atoms with E-state index in [4.69, 9.17) is 0 Å². The van der Waals surface area contributed by atoms with Crippen LogP contribution >= 0.6 is 15.9 Å². The number of benzene rings is 2. The molecule has 1 saturated heterocycles. The first kappa shape index (κ1) is 25.4. The van der Waals surface area contributed by atoms with Gasteiger partial charge in [0.15, 0.2) is 0 Å². The van der Waals surface area contributed by atoms with Crippen molar-refractivity contribution in [3.63, 3.8) is 0 Å². The molecule has 0 saturated carbocycles. The highest BCUT2D eigenvalue weighted by atomic mass is 79.9. The van der Waals surface area contributed by atoms with E-state index in [1.807, 2.05) is 29.2 Å². The van der Waals surface area contributed by atoms with Crippen LogP contribution in [0.25, 0.3) is 0 Å². The Morgan fingerprint density at radius 3 is 2.21 bits per heavy atom. The van der Waals surface area contributed by atoms with Gasteiger partial charge in [-0.2, -0.15) is 9.41 Å². The van der Waals surface area contributed by atoms with Crippen LogP contribution in [0.3, 0.4) is 0 Å². The molecular weight excluding hydrogens is 506 g/mol. The summed E-state index contributed by atoms with van der Waals surface area (Å²) in [5.41, 5.74) is 4.61. The smallest absolute Gasteiger partial charge is 0.254 e. The van der Waals surface area contributed by atoms with Crippen LogP contribution in [0.15, 0.2) is 63.0 Å². The molecule has 1 amide bonds. The monoisotopic (exact) mass is 535 g/mol. The SMILES string of the molecule is CCN(CC)c1ccc(/C=N\NC(=O)CN2CCN(S(=O)(=O)c3ccc(Br)cc3)CC2)cc1. The molecule has 1 heterocycles. The number of nitrogens with zero attached hydrogens (tertiary/aromatic N) is 4. The summed E-state index contributed by atoms with van der Waals surface area (Å²) in [6.45, 7) is 7.96. The summed E-state index contributed by atoms with van der Waals surface area (Å²) < 4.78 is 27.9. The number of hydrogen-bond donors (Lipinski definition) is 1. The molecule has 33 heavy (non-hydrogen) atoms. The van der Waals surface area contributed by atoms with Crippen LogP contribution < -0.4 is 10.3 Å². The van der Waals surface area contributed by atoms with Gasteiger partial charge >= 0.3 is 0 Å². The summed E-state index contributed by atoms with van der Waals surface area (Å²) in [6.07, 6.45) is 1.62. The van der Waals surface area contributed by atoms with Gasteiger partial charge in [-0.1, -0.05) is 28.1 Å². The van der Waals surface area contributed by atoms with Gasteiger partial charge in [0.2, 0.25) is 10.0 Å². The molecule has 2 aromatic rings. The zero-order chi connectivity index (χ0) is 23.8. The fraction of sp³-hybridized carbons (Fsp3) is 0.391. The standard InChI is InChI=1S/C23H30BrN5O3S/c1-3-28(4-2)21-9-5-19(6-10-21)17-25-26-23(30)18-27-13-15-29(16-14-27)33(31,32)22-11-7-20(24)8-12-22/h5-12,17H,3-4,13-16,18H2,1-2H3,(H,26,30)/b25-17-. The van der Waals surface area contributed by atoms with Crippen molar-refractivity contribution in [2.45, 2.75) is 18.7 Å². The van der Waals surface area contributed by atoms with E-state index in [-0.39, 0.29) is 17.3 Å². The van der Waals surface area contributed by atoms with Crippen LogP contribution in [0, 0.1) is 0 Å². The maximum absolute atomic E-state index is 12.8.